The van der Waals surface area contributed by atoms with E-state index in [4.69, 9.17) is 0 Å². The molecule has 2 atom stereocenters. The fourth-order valence-corrected chi connectivity index (χ4v) is 1.32. The van der Waals surface area contributed by atoms with Gasteiger partial charge in [-0.25, -0.2) is 9.36 Å². The fourth-order valence-electron chi connectivity index (χ4n) is 0.636. The molecule has 0 bridgehead atoms. The van der Waals surface area contributed by atoms with E-state index in [0.29, 0.717) is 0 Å². The van der Waals surface area contributed by atoms with Crippen LogP contribution in [-0.2, 0) is 28.2 Å². The van der Waals surface area contributed by atoms with Gasteiger partial charge in [0.1, 0.15) is 5.25 Å². The van der Waals surface area contributed by atoms with Crippen molar-refractivity contribution in [2.45, 2.75) is 11.4 Å². The number of ether oxygens (including phenoxy) is 2. The van der Waals surface area contributed by atoms with Gasteiger partial charge in [-0.2, -0.15) is 12.6 Å². The molecule has 0 saturated heterocycles. The van der Waals surface area contributed by atoms with Crippen molar-refractivity contribution in [2.75, 3.05) is 14.2 Å². The van der Waals surface area contributed by atoms with Gasteiger partial charge in [0.15, 0.2) is 6.10 Å². The molecule has 0 heterocycles. The lowest BCUT2D eigenvalue weighted by Gasteiger charge is -2.15. The number of hydrogen-bond acceptors (Lipinski definition) is 7. The summed E-state index contributed by atoms with van der Waals surface area (Å²) in [5.41, 5.74) is 0. The van der Waals surface area contributed by atoms with Gasteiger partial charge in [0.05, 0.1) is 14.2 Å². The second-order valence-electron chi connectivity index (χ2n) is 2.09. The molecule has 0 aliphatic rings. The maximum Gasteiger partial charge on any atom is 0.337 e. The van der Waals surface area contributed by atoms with E-state index in [9.17, 15) is 14.2 Å². The Kier molecular flexibility index (Phi) is 6.44. The first kappa shape index (κ1) is 13.4. The Balaban J connectivity index is 4.54. The topological polar surface area (TPSA) is 78.9 Å². The average molecular weight is 240 g/mol. The lowest BCUT2D eigenvalue weighted by atomic mass is 10.2. The highest BCUT2D eigenvalue weighted by molar-refractivity contribution is 7.81. The van der Waals surface area contributed by atoms with Gasteiger partial charge in [-0.05, 0) is 0 Å². The Morgan fingerprint density at radius 2 is 1.71 bits per heavy atom. The van der Waals surface area contributed by atoms with Gasteiger partial charge in [-0.15, -0.1) is 0 Å². The minimum atomic E-state index is -1.35. The molecule has 0 N–H and O–H groups in total. The molecule has 8 heteroatoms. The molecule has 14 heavy (non-hydrogen) atoms. The second kappa shape index (κ2) is 6.75. The average Bonchev–Trinajstić information content (AvgIpc) is 2.22. The summed E-state index contributed by atoms with van der Waals surface area (Å²) in [6.45, 7) is 0. The summed E-state index contributed by atoms with van der Waals surface area (Å²) in [5.74, 6) is -1.62. The van der Waals surface area contributed by atoms with Gasteiger partial charge in [0.2, 0.25) is 0 Å². The summed E-state index contributed by atoms with van der Waals surface area (Å²) in [6, 6.07) is 0. The number of thiol groups is 1. The van der Waals surface area contributed by atoms with Crippen molar-refractivity contribution in [3.63, 3.8) is 0 Å². The van der Waals surface area contributed by atoms with Crippen LogP contribution in [-0.4, -0.2) is 37.5 Å². The normalized spacial score (nSPS) is 14.5. The zero-order valence-corrected chi connectivity index (χ0v) is 9.29. The third kappa shape index (κ3) is 3.61. The molecule has 0 aliphatic heterocycles. The Labute approximate surface area is 87.6 Å². The molecular formula is C6H9O6PS. The first-order valence-electron chi connectivity index (χ1n) is 3.40. The van der Waals surface area contributed by atoms with Gasteiger partial charge < -0.3 is 9.47 Å². The predicted molar refractivity (Wildman–Crippen MR) is 49.3 cm³/mol. The highest BCUT2D eigenvalue weighted by Crippen LogP contribution is 2.15. The van der Waals surface area contributed by atoms with Gasteiger partial charge >= 0.3 is 20.6 Å². The predicted octanol–water partition coefficient (Wildman–Crippen LogP) is 0.223. The smallest absolute Gasteiger partial charge is 0.337 e. The number of carbonyl (C=O) groups is 2. The van der Waals surface area contributed by atoms with Crippen LogP contribution in [0.15, 0.2) is 0 Å². The summed E-state index contributed by atoms with van der Waals surface area (Å²) < 4.78 is 23.2. The number of hydrogen-bond donors (Lipinski definition) is 1. The van der Waals surface area contributed by atoms with Crippen LogP contribution in [0.3, 0.4) is 0 Å². The van der Waals surface area contributed by atoms with Crippen LogP contribution in [0.1, 0.15) is 0 Å². The molecule has 0 aliphatic carbocycles. The minimum absolute atomic E-state index is 0.742. The zero-order chi connectivity index (χ0) is 11.1. The molecule has 0 radical (unpaired) electrons. The van der Waals surface area contributed by atoms with Crippen molar-refractivity contribution in [3.8, 4) is 0 Å². The van der Waals surface area contributed by atoms with E-state index in [1.165, 1.54) is 0 Å². The lowest BCUT2D eigenvalue weighted by Crippen LogP contribution is -2.38. The Morgan fingerprint density at radius 1 is 1.21 bits per heavy atom. The third-order valence-corrected chi connectivity index (χ3v) is 2.11. The van der Waals surface area contributed by atoms with E-state index in [0.717, 1.165) is 14.2 Å². The lowest BCUT2D eigenvalue weighted by molar-refractivity contribution is -0.154. The third-order valence-electron chi connectivity index (χ3n) is 1.32. The van der Waals surface area contributed by atoms with Crippen LogP contribution < -0.4 is 0 Å². The number of esters is 2. The Hall–Kier alpha value is -0.650. The fraction of sp³-hybridized carbons (Fsp3) is 0.667. The van der Waals surface area contributed by atoms with Crippen molar-refractivity contribution >= 4 is 33.3 Å². The van der Waals surface area contributed by atoms with Crippen LogP contribution in [0.25, 0.3) is 0 Å². The molecule has 0 saturated carbocycles. The molecule has 0 rings (SSSR count). The molecule has 0 amide bonds. The summed E-state index contributed by atoms with van der Waals surface area (Å²) in [6.07, 6.45) is -1.35. The molecule has 0 aromatic carbocycles. The molecule has 6 nitrogen and oxygen atoms in total. The monoisotopic (exact) mass is 240 g/mol. The molecule has 0 aromatic heterocycles. The highest BCUT2D eigenvalue weighted by atomic mass is 32.1. The summed E-state index contributed by atoms with van der Waals surface area (Å²) in [5, 5.41) is -1.17. The standard InChI is InChI=1S/C6H9O6PS/c1-10-5(7)3(12-13-9)4(14)6(8)11-2/h3-4,14H,1-2H3. The summed E-state index contributed by atoms with van der Waals surface area (Å²) >= 11 is 3.78. The molecule has 0 aromatic rings. The Morgan fingerprint density at radius 3 is 2.07 bits per heavy atom. The van der Waals surface area contributed by atoms with Crippen LogP contribution in [0, 0.1) is 0 Å². The Bertz CT molecular complexity index is 232. The largest absolute Gasteiger partial charge is 0.468 e. The minimum Gasteiger partial charge on any atom is -0.468 e. The van der Waals surface area contributed by atoms with E-state index < -0.39 is 32.0 Å². The van der Waals surface area contributed by atoms with Crippen molar-refractivity contribution in [3.05, 3.63) is 0 Å². The van der Waals surface area contributed by atoms with Gasteiger partial charge in [-0.1, -0.05) is 0 Å². The van der Waals surface area contributed by atoms with Gasteiger partial charge in [0.25, 0.3) is 0 Å². The van der Waals surface area contributed by atoms with Crippen molar-refractivity contribution in [1.29, 1.82) is 0 Å². The number of carbonyl (C=O) groups excluding carboxylic acids is 2. The SMILES string of the molecule is COC(=O)C(S)C(OP=O)C(=O)OC. The number of methoxy groups -OCH3 is 2. The van der Waals surface area contributed by atoms with Crippen LogP contribution in [0.4, 0.5) is 0 Å². The van der Waals surface area contributed by atoms with E-state index in [-0.39, 0.29) is 0 Å². The van der Waals surface area contributed by atoms with Gasteiger partial charge in [-0.3, -0.25) is 9.32 Å². The molecule has 80 valence electrons. The maximum absolute atomic E-state index is 11.0. The van der Waals surface area contributed by atoms with Crippen molar-refractivity contribution < 1.29 is 28.2 Å². The number of rotatable bonds is 5. The van der Waals surface area contributed by atoms with Crippen LogP contribution in [0.5, 0.6) is 0 Å². The van der Waals surface area contributed by atoms with E-state index in [2.05, 4.69) is 26.6 Å². The molecule has 2 unspecified atom stereocenters. The van der Waals surface area contributed by atoms with E-state index in [1.807, 2.05) is 0 Å². The highest BCUT2D eigenvalue weighted by Gasteiger charge is 2.34. The summed E-state index contributed by atoms with van der Waals surface area (Å²) in [4.78, 5) is 22.0. The van der Waals surface area contributed by atoms with E-state index in [1.54, 1.807) is 0 Å². The molecule has 0 spiro atoms. The van der Waals surface area contributed by atoms with Crippen LogP contribution in [0.2, 0.25) is 0 Å². The maximum atomic E-state index is 11.0. The quantitative estimate of drug-likeness (QED) is 0.421. The first-order chi connectivity index (χ1) is 6.58. The van der Waals surface area contributed by atoms with Crippen molar-refractivity contribution in [1.82, 2.24) is 0 Å². The summed E-state index contributed by atoms with van der Waals surface area (Å²) in [7, 11) is 1.50. The van der Waals surface area contributed by atoms with Crippen molar-refractivity contribution in [2.24, 2.45) is 0 Å². The zero-order valence-electron chi connectivity index (χ0n) is 7.50. The van der Waals surface area contributed by atoms with Gasteiger partial charge in [0, 0.05) is 0 Å². The first-order valence-corrected chi connectivity index (χ1v) is 4.65. The van der Waals surface area contributed by atoms with E-state index >= 15 is 0 Å². The molecular weight excluding hydrogens is 231 g/mol. The second-order valence-corrected chi connectivity index (χ2v) is 3.01. The van der Waals surface area contributed by atoms with Crippen LogP contribution >= 0.6 is 21.3 Å². The molecule has 0 fully saturated rings.